The molecule has 7 nitrogen and oxygen atoms in total. The van der Waals surface area contributed by atoms with E-state index in [0.29, 0.717) is 25.5 Å². The van der Waals surface area contributed by atoms with Crippen molar-refractivity contribution in [1.82, 2.24) is 10.2 Å². The molecule has 2 N–H and O–H groups in total. The van der Waals surface area contributed by atoms with Crippen LogP contribution < -0.4 is 10.6 Å². The molecular weight excluding hydrogens is 527 g/mol. The van der Waals surface area contributed by atoms with E-state index < -0.39 is 0 Å². The molecule has 1 aliphatic rings. The summed E-state index contributed by atoms with van der Waals surface area (Å²) in [7, 11) is 3.11. The van der Waals surface area contributed by atoms with Crippen molar-refractivity contribution in [3.63, 3.8) is 0 Å². The van der Waals surface area contributed by atoms with Crippen molar-refractivity contribution in [3.05, 3.63) is 28.7 Å². The molecule has 0 aromatic heterocycles. The largest absolute Gasteiger partial charge is 0.469 e. The maximum Gasteiger partial charge on any atom is 0.310 e. The Hall–Kier alpha value is -1.36. The second kappa shape index (κ2) is 11.5. The summed E-state index contributed by atoms with van der Waals surface area (Å²) in [5, 5.41) is 6.04. The average molecular weight is 553 g/mol. The molecule has 2 rings (SSSR count). The third kappa shape index (κ3) is 6.95. The highest BCUT2D eigenvalue weighted by Gasteiger charge is 2.36. The molecule has 1 aromatic carbocycles. The number of anilines is 1. The number of hydrogen-bond donors (Lipinski definition) is 2. The summed E-state index contributed by atoms with van der Waals surface area (Å²) < 4.78 is 5.83. The fourth-order valence-corrected chi connectivity index (χ4v) is 3.24. The number of nitrogens with one attached hydrogen (secondary N) is 2. The van der Waals surface area contributed by atoms with E-state index in [1.807, 2.05) is 36.1 Å². The fraction of sp³-hybridized carbons (Fsp3) is 0.500. The predicted molar refractivity (Wildman–Crippen MR) is 120 cm³/mol. The second-order valence-electron chi connectivity index (χ2n) is 6.29. The highest BCUT2D eigenvalue weighted by Crippen LogP contribution is 2.24. The molecule has 1 aromatic rings. The van der Waals surface area contributed by atoms with E-state index in [1.54, 1.807) is 7.05 Å². The van der Waals surface area contributed by atoms with E-state index in [0.717, 1.165) is 16.7 Å². The van der Waals surface area contributed by atoms with Gasteiger partial charge in [-0.15, -0.1) is 24.0 Å². The minimum Gasteiger partial charge on any atom is -0.469 e. The number of likely N-dealkylation sites (tertiary alicyclic amines) is 1. The molecule has 9 heteroatoms. The summed E-state index contributed by atoms with van der Waals surface area (Å²) >= 11 is 3.36. The van der Waals surface area contributed by atoms with Crippen LogP contribution in [0.2, 0.25) is 0 Å². The van der Waals surface area contributed by atoms with Crippen LogP contribution in [0.15, 0.2) is 33.7 Å². The third-order valence-electron chi connectivity index (χ3n) is 4.39. The molecular formula is C18H26BrIN4O3. The number of halogens is 2. The summed E-state index contributed by atoms with van der Waals surface area (Å²) in [6, 6.07) is 7.43. The van der Waals surface area contributed by atoms with Crippen molar-refractivity contribution in [2.24, 2.45) is 16.8 Å². The van der Waals surface area contributed by atoms with Gasteiger partial charge in [-0.05, 0) is 30.2 Å². The van der Waals surface area contributed by atoms with Crippen LogP contribution in [0.3, 0.4) is 0 Å². The lowest BCUT2D eigenvalue weighted by atomic mass is 9.99. The molecule has 0 saturated carbocycles. The molecule has 0 aliphatic carbocycles. The molecule has 0 spiro atoms. The average Bonchev–Trinajstić information content (AvgIpc) is 3.01. The van der Waals surface area contributed by atoms with Crippen molar-refractivity contribution in [3.8, 4) is 0 Å². The minimum absolute atomic E-state index is 0. The molecule has 1 fully saturated rings. The van der Waals surface area contributed by atoms with Gasteiger partial charge in [0.25, 0.3) is 0 Å². The van der Waals surface area contributed by atoms with Gasteiger partial charge in [-0.25, -0.2) is 0 Å². The number of amides is 1. The molecule has 1 amide bonds. The number of ether oxygens (including phenoxy) is 1. The van der Waals surface area contributed by atoms with Gasteiger partial charge in [-0.1, -0.05) is 22.9 Å². The normalized spacial score (nSPS) is 19.3. The molecule has 2 unspecified atom stereocenters. The molecule has 27 heavy (non-hydrogen) atoms. The Kier molecular flexibility index (Phi) is 10.1. The smallest absolute Gasteiger partial charge is 0.310 e. The summed E-state index contributed by atoms with van der Waals surface area (Å²) in [5.74, 6) is 0.475. The van der Waals surface area contributed by atoms with Crippen molar-refractivity contribution in [2.75, 3.05) is 39.1 Å². The number of rotatable bonds is 5. The Morgan fingerprint density at radius 1 is 1.30 bits per heavy atom. The van der Waals surface area contributed by atoms with Gasteiger partial charge in [-0.2, -0.15) is 0 Å². The zero-order chi connectivity index (χ0) is 19.1. The van der Waals surface area contributed by atoms with Gasteiger partial charge in [0.1, 0.15) is 0 Å². The fourth-order valence-electron chi connectivity index (χ4n) is 2.97. The molecule has 0 bridgehead atoms. The lowest BCUT2D eigenvalue weighted by molar-refractivity contribution is -0.146. The maximum atomic E-state index is 12.0. The summed E-state index contributed by atoms with van der Waals surface area (Å²) in [5.41, 5.74) is 0.761. The minimum atomic E-state index is -0.190. The topological polar surface area (TPSA) is 83.0 Å². The quantitative estimate of drug-likeness (QED) is 0.254. The van der Waals surface area contributed by atoms with Crippen LogP contribution in [0.1, 0.15) is 13.3 Å². The lowest BCUT2D eigenvalue weighted by Gasteiger charge is -2.21. The number of carbonyl (C=O) groups excluding carboxylic acids is 2. The van der Waals surface area contributed by atoms with E-state index in [2.05, 4.69) is 31.6 Å². The van der Waals surface area contributed by atoms with E-state index in [9.17, 15) is 9.59 Å². The van der Waals surface area contributed by atoms with Gasteiger partial charge in [0.15, 0.2) is 5.96 Å². The van der Waals surface area contributed by atoms with Crippen molar-refractivity contribution >= 4 is 63.4 Å². The standard InChI is InChI=1S/C18H25BrN4O3.HI/c1-12-10-23(11-15(12)17(25)26-3)18(20-2)21-9-8-16(24)22-14-6-4-13(19)5-7-14;/h4-7,12,15H,8-11H2,1-3H3,(H,20,21)(H,22,24);1H. The first-order valence-corrected chi connectivity index (χ1v) is 9.32. The highest BCUT2D eigenvalue weighted by atomic mass is 127. The van der Waals surface area contributed by atoms with Crippen LogP contribution in [0, 0.1) is 11.8 Å². The van der Waals surface area contributed by atoms with Gasteiger partial charge < -0.3 is 20.3 Å². The van der Waals surface area contributed by atoms with E-state index >= 15 is 0 Å². The van der Waals surface area contributed by atoms with E-state index in [1.165, 1.54) is 7.11 Å². The van der Waals surface area contributed by atoms with Gasteiger partial charge in [-0.3, -0.25) is 14.6 Å². The summed E-state index contributed by atoms with van der Waals surface area (Å²) in [6.07, 6.45) is 0.318. The first-order valence-electron chi connectivity index (χ1n) is 8.53. The van der Waals surface area contributed by atoms with Gasteiger partial charge in [0.2, 0.25) is 5.91 Å². The number of benzene rings is 1. The van der Waals surface area contributed by atoms with Crippen LogP contribution in [0.5, 0.6) is 0 Å². The number of guanidine groups is 1. The van der Waals surface area contributed by atoms with E-state index in [4.69, 9.17) is 4.74 Å². The molecule has 150 valence electrons. The first-order chi connectivity index (χ1) is 12.4. The second-order valence-corrected chi connectivity index (χ2v) is 7.21. The van der Waals surface area contributed by atoms with Crippen molar-refractivity contribution < 1.29 is 14.3 Å². The predicted octanol–water partition coefficient (Wildman–Crippen LogP) is 2.71. The Balaban J connectivity index is 0.00000364. The number of esters is 1. The molecule has 1 saturated heterocycles. The number of methoxy groups -OCH3 is 1. The van der Waals surface area contributed by atoms with E-state index in [-0.39, 0.29) is 47.7 Å². The number of aliphatic imine (C=N–C) groups is 1. The van der Waals surface area contributed by atoms with Crippen LogP contribution in [-0.4, -0.2) is 56.5 Å². The number of nitrogens with zero attached hydrogens (tertiary/aromatic N) is 2. The summed E-state index contributed by atoms with van der Waals surface area (Å²) in [4.78, 5) is 30.1. The zero-order valence-electron chi connectivity index (χ0n) is 15.7. The Morgan fingerprint density at radius 3 is 2.56 bits per heavy atom. The Morgan fingerprint density at radius 2 is 1.96 bits per heavy atom. The van der Waals surface area contributed by atoms with Crippen LogP contribution >= 0.6 is 39.9 Å². The van der Waals surface area contributed by atoms with Gasteiger partial charge in [0.05, 0.1) is 13.0 Å². The highest BCUT2D eigenvalue weighted by molar-refractivity contribution is 14.0. The molecule has 2 atom stereocenters. The monoisotopic (exact) mass is 552 g/mol. The molecule has 1 aliphatic heterocycles. The van der Waals surface area contributed by atoms with Gasteiger partial charge in [0, 0.05) is 43.3 Å². The summed E-state index contributed by atoms with van der Waals surface area (Å²) in [6.45, 7) is 3.78. The van der Waals surface area contributed by atoms with Crippen LogP contribution in [0.25, 0.3) is 0 Å². The lowest BCUT2D eigenvalue weighted by Crippen LogP contribution is -2.41. The SMILES string of the molecule is CN=C(NCCC(=O)Nc1ccc(Br)cc1)N1CC(C)C(C(=O)OC)C1.I. The van der Waals surface area contributed by atoms with Gasteiger partial charge >= 0.3 is 5.97 Å². The maximum absolute atomic E-state index is 12.0. The Bertz CT molecular complexity index is 669. The number of hydrogen-bond acceptors (Lipinski definition) is 4. The van der Waals surface area contributed by atoms with Crippen molar-refractivity contribution in [1.29, 1.82) is 0 Å². The molecule has 1 heterocycles. The molecule has 0 radical (unpaired) electrons. The zero-order valence-corrected chi connectivity index (χ0v) is 19.6. The Labute approximate surface area is 185 Å². The van der Waals surface area contributed by atoms with Crippen molar-refractivity contribution in [2.45, 2.75) is 13.3 Å². The number of carbonyl (C=O) groups is 2. The first kappa shape index (κ1) is 23.7. The van der Waals surface area contributed by atoms with Crippen LogP contribution in [0.4, 0.5) is 5.69 Å². The third-order valence-corrected chi connectivity index (χ3v) is 4.92. The van der Waals surface area contributed by atoms with Crippen LogP contribution in [-0.2, 0) is 14.3 Å².